The van der Waals surface area contributed by atoms with Crippen LogP contribution in [0, 0.1) is 0 Å². The summed E-state index contributed by atoms with van der Waals surface area (Å²) in [5.41, 5.74) is 1.15. The van der Waals surface area contributed by atoms with Gasteiger partial charge in [0.25, 0.3) is 0 Å². The molecule has 3 rings (SSSR count). The Morgan fingerprint density at radius 2 is 1.86 bits per heavy atom. The number of nitrogens with one attached hydrogen (secondary N) is 1. The molecule has 1 saturated carbocycles. The molecule has 21 heavy (non-hydrogen) atoms. The molecule has 1 aromatic rings. The maximum absolute atomic E-state index is 11.5. The summed E-state index contributed by atoms with van der Waals surface area (Å²) in [6.45, 7) is 4.51. The summed E-state index contributed by atoms with van der Waals surface area (Å²) in [4.78, 5) is 2.98. The van der Waals surface area contributed by atoms with Crippen molar-refractivity contribution in [1.29, 1.82) is 0 Å². The molecule has 1 aromatic carbocycles. The van der Waals surface area contributed by atoms with Gasteiger partial charge in [-0.25, -0.2) is 8.42 Å². The summed E-state index contributed by atoms with van der Waals surface area (Å²) in [5.74, 6) is 0. The van der Waals surface area contributed by atoms with Gasteiger partial charge in [-0.05, 0) is 43.9 Å². The number of nitrogens with zero attached hydrogens (tertiary/aromatic N) is 1. The van der Waals surface area contributed by atoms with Crippen molar-refractivity contribution in [3.63, 3.8) is 0 Å². The minimum absolute atomic E-state index is 0.253. The van der Waals surface area contributed by atoms with Gasteiger partial charge in [-0.15, -0.1) is 0 Å². The Hall–Kier alpha value is -0.910. The van der Waals surface area contributed by atoms with Crippen LogP contribution < -0.4 is 5.32 Å². The lowest BCUT2D eigenvalue weighted by molar-refractivity contribution is 0.313. The number of hydrogen-bond acceptors (Lipinski definition) is 4. The van der Waals surface area contributed by atoms with Crippen LogP contribution in [0.3, 0.4) is 0 Å². The zero-order valence-corrected chi connectivity index (χ0v) is 13.6. The van der Waals surface area contributed by atoms with E-state index in [1.54, 1.807) is 12.1 Å². The number of benzene rings is 1. The molecule has 2 atom stereocenters. The second kappa shape index (κ2) is 5.71. The molecule has 1 aliphatic carbocycles. The van der Waals surface area contributed by atoms with E-state index < -0.39 is 9.84 Å². The van der Waals surface area contributed by atoms with Gasteiger partial charge in [-0.1, -0.05) is 12.1 Å². The molecule has 4 nitrogen and oxygen atoms in total. The van der Waals surface area contributed by atoms with Gasteiger partial charge in [0.2, 0.25) is 0 Å². The summed E-state index contributed by atoms with van der Waals surface area (Å²) >= 11 is 0. The van der Waals surface area contributed by atoms with Crippen LogP contribution in [0.4, 0.5) is 0 Å². The lowest BCUT2D eigenvalue weighted by Gasteiger charge is -2.21. The van der Waals surface area contributed by atoms with Gasteiger partial charge >= 0.3 is 0 Å². The predicted octanol–water partition coefficient (Wildman–Crippen LogP) is 1.98. The lowest BCUT2D eigenvalue weighted by Crippen LogP contribution is -2.34. The van der Waals surface area contributed by atoms with Gasteiger partial charge in [0.1, 0.15) is 0 Å². The van der Waals surface area contributed by atoms with Crippen LogP contribution >= 0.6 is 0 Å². The fourth-order valence-electron chi connectivity index (χ4n) is 3.15. The minimum Gasteiger partial charge on any atom is -0.306 e. The fraction of sp³-hybridized carbons (Fsp3) is 0.625. The van der Waals surface area contributed by atoms with Gasteiger partial charge in [-0.2, -0.15) is 0 Å². The third-order valence-corrected chi connectivity index (χ3v) is 5.71. The highest BCUT2D eigenvalue weighted by Crippen LogP contribution is 2.30. The Labute approximate surface area is 127 Å². The molecule has 1 N–H and O–H groups in total. The molecule has 1 saturated heterocycles. The first-order valence-electron chi connectivity index (χ1n) is 7.73. The molecule has 116 valence electrons. The molecular weight excluding hydrogens is 284 g/mol. The summed E-state index contributed by atoms with van der Waals surface area (Å²) in [7, 11) is -3.10. The van der Waals surface area contributed by atoms with Crippen molar-refractivity contribution in [2.24, 2.45) is 0 Å². The molecule has 0 aromatic heterocycles. The zero-order valence-electron chi connectivity index (χ0n) is 12.7. The predicted molar refractivity (Wildman–Crippen MR) is 84.1 cm³/mol. The molecule has 0 bridgehead atoms. The molecular formula is C16H24N2O2S. The normalized spacial score (nSPS) is 25.1. The average molecular weight is 308 g/mol. The first-order chi connectivity index (χ1) is 9.93. The van der Waals surface area contributed by atoms with Crippen molar-refractivity contribution < 1.29 is 8.42 Å². The van der Waals surface area contributed by atoms with Gasteiger partial charge < -0.3 is 5.32 Å². The smallest absolute Gasteiger partial charge is 0.175 e. The van der Waals surface area contributed by atoms with Gasteiger partial charge in [0.15, 0.2) is 9.84 Å². The van der Waals surface area contributed by atoms with Crippen molar-refractivity contribution in [3.8, 4) is 0 Å². The Bertz CT molecular complexity index is 593. The number of hydrogen-bond donors (Lipinski definition) is 1. The van der Waals surface area contributed by atoms with Crippen molar-refractivity contribution in [2.75, 3.05) is 19.3 Å². The maximum atomic E-state index is 11.5. The molecule has 0 amide bonds. The van der Waals surface area contributed by atoms with E-state index in [9.17, 15) is 8.42 Å². The van der Waals surface area contributed by atoms with Crippen molar-refractivity contribution >= 4 is 9.84 Å². The topological polar surface area (TPSA) is 49.4 Å². The van der Waals surface area contributed by atoms with Crippen molar-refractivity contribution in [1.82, 2.24) is 10.2 Å². The zero-order chi connectivity index (χ0) is 15.0. The highest BCUT2D eigenvalue weighted by Gasteiger charge is 2.34. The highest BCUT2D eigenvalue weighted by atomic mass is 32.2. The average Bonchev–Trinajstić information content (AvgIpc) is 3.19. The Balaban J connectivity index is 1.59. The summed E-state index contributed by atoms with van der Waals surface area (Å²) in [6.07, 6.45) is 5.20. The third kappa shape index (κ3) is 3.65. The van der Waals surface area contributed by atoms with E-state index in [0.717, 1.165) is 18.2 Å². The lowest BCUT2D eigenvalue weighted by atomic mass is 10.1. The number of rotatable bonds is 5. The minimum atomic E-state index is -3.10. The van der Waals surface area contributed by atoms with E-state index in [1.807, 2.05) is 12.1 Å². The Morgan fingerprint density at radius 3 is 2.43 bits per heavy atom. The molecule has 1 aliphatic heterocycles. The van der Waals surface area contributed by atoms with Crippen LogP contribution in [0.1, 0.15) is 37.8 Å². The Morgan fingerprint density at radius 1 is 1.19 bits per heavy atom. The van der Waals surface area contributed by atoms with Gasteiger partial charge in [0.05, 0.1) is 4.90 Å². The second-order valence-electron chi connectivity index (χ2n) is 6.44. The molecule has 2 fully saturated rings. The molecule has 0 spiro atoms. The van der Waals surface area contributed by atoms with E-state index >= 15 is 0 Å². The van der Waals surface area contributed by atoms with Crippen molar-refractivity contribution in [3.05, 3.63) is 29.8 Å². The van der Waals surface area contributed by atoms with Crippen LogP contribution in [-0.4, -0.2) is 44.7 Å². The van der Waals surface area contributed by atoms with Gasteiger partial charge in [-0.3, -0.25) is 4.90 Å². The van der Waals surface area contributed by atoms with E-state index in [0.29, 0.717) is 10.9 Å². The number of sulfone groups is 1. The van der Waals surface area contributed by atoms with Crippen LogP contribution in [-0.2, 0) is 9.84 Å². The SMILES string of the molecule is CC(NC1CCN(C2CC2)C1)c1ccc(S(C)(=O)=O)cc1. The second-order valence-corrected chi connectivity index (χ2v) is 8.46. The standard InChI is InChI=1S/C16H24N2O2S/c1-12(13-3-7-16(8-4-13)21(2,19)20)17-14-9-10-18(11-14)15-5-6-15/h3-4,7-8,12,14-15,17H,5-6,9-11H2,1-2H3. The first-order valence-corrected chi connectivity index (χ1v) is 9.63. The van der Waals surface area contributed by atoms with Crippen LogP contribution in [0.25, 0.3) is 0 Å². The third-order valence-electron chi connectivity index (χ3n) is 4.58. The molecule has 2 aliphatic rings. The molecule has 1 heterocycles. The fourth-order valence-corrected chi connectivity index (χ4v) is 3.78. The maximum Gasteiger partial charge on any atom is 0.175 e. The van der Waals surface area contributed by atoms with E-state index in [2.05, 4.69) is 17.1 Å². The summed E-state index contributed by atoms with van der Waals surface area (Å²) < 4.78 is 23.0. The van der Waals surface area contributed by atoms with E-state index in [1.165, 1.54) is 32.1 Å². The quantitative estimate of drug-likeness (QED) is 0.903. The number of likely N-dealkylation sites (tertiary alicyclic amines) is 1. The first kappa shape index (κ1) is 15.0. The van der Waals surface area contributed by atoms with Crippen LogP contribution in [0.2, 0.25) is 0 Å². The summed E-state index contributed by atoms with van der Waals surface area (Å²) in [6, 6.07) is 8.89. The summed E-state index contributed by atoms with van der Waals surface area (Å²) in [5, 5.41) is 3.67. The van der Waals surface area contributed by atoms with Gasteiger partial charge in [0, 0.05) is 37.5 Å². The largest absolute Gasteiger partial charge is 0.306 e. The monoisotopic (exact) mass is 308 g/mol. The Kier molecular flexibility index (Phi) is 4.08. The van der Waals surface area contributed by atoms with Crippen LogP contribution in [0.5, 0.6) is 0 Å². The molecule has 2 unspecified atom stereocenters. The highest BCUT2D eigenvalue weighted by molar-refractivity contribution is 7.90. The molecule has 5 heteroatoms. The van der Waals surface area contributed by atoms with Crippen molar-refractivity contribution in [2.45, 2.75) is 49.2 Å². The molecule has 0 radical (unpaired) electrons. The van der Waals surface area contributed by atoms with E-state index in [4.69, 9.17) is 0 Å². The van der Waals surface area contributed by atoms with Crippen LogP contribution in [0.15, 0.2) is 29.2 Å². The van der Waals surface area contributed by atoms with E-state index in [-0.39, 0.29) is 6.04 Å².